The Morgan fingerprint density at radius 2 is 1.95 bits per heavy atom. The molecule has 0 fully saturated rings. The fraction of sp³-hybridized carbons (Fsp3) is 0.556. The molecular formula is C9H17N2O7P2+. The van der Waals surface area contributed by atoms with Crippen LogP contribution >= 0.6 is 15.5 Å². The molecule has 3 N–H and O–H groups in total. The van der Waals surface area contributed by atoms with Crippen molar-refractivity contribution in [3.63, 3.8) is 0 Å². The lowest BCUT2D eigenvalue weighted by atomic mass is 10.5. The van der Waals surface area contributed by atoms with Crippen molar-refractivity contribution < 1.29 is 32.8 Å². The SMILES string of the molecule is CCOP(=O)(OCC)C(=Nc1cc(C)on1)[P+](O)(O)O. The molecule has 0 aliphatic carbocycles. The Morgan fingerprint density at radius 1 is 1.40 bits per heavy atom. The van der Waals surface area contributed by atoms with Gasteiger partial charge in [-0.15, -0.1) is 0 Å². The summed E-state index contributed by atoms with van der Waals surface area (Å²) in [6.45, 7) is 4.60. The van der Waals surface area contributed by atoms with Crippen LogP contribution < -0.4 is 0 Å². The van der Waals surface area contributed by atoms with Crippen LogP contribution in [0.15, 0.2) is 15.6 Å². The van der Waals surface area contributed by atoms with Crippen LogP contribution in [0, 0.1) is 6.92 Å². The molecule has 0 radical (unpaired) electrons. The molecule has 1 aromatic heterocycles. The molecule has 0 saturated heterocycles. The lowest BCUT2D eigenvalue weighted by Gasteiger charge is -2.16. The molecule has 9 nitrogen and oxygen atoms in total. The van der Waals surface area contributed by atoms with Gasteiger partial charge in [-0.05, 0) is 20.8 Å². The molecule has 11 heteroatoms. The average molecular weight is 327 g/mol. The van der Waals surface area contributed by atoms with Crippen LogP contribution in [0.3, 0.4) is 0 Å². The van der Waals surface area contributed by atoms with Gasteiger partial charge in [-0.3, -0.25) is 0 Å². The van der Waals surface area contributed by atoms with Crippen LogP contribution in [0.4, 0.5) is 5.82 Å². The van der Waals surface area contributed by atoms with Crippen molar-refractivity contribution in [3.05, 3.63) is 11.8 Å². The van der Waals surface area contributed by atoms with Gasteiger partial charge in [0.25, 0.3) is 0 Å². The van der Waals surface area contributed by atoms with E-state index in [1.165, 1.54) is 19.9 Å². The molecule has 1 heterocycles. The summed E-state index contributed by atoms with van der Waals surface area (Å²) >= 11 is 0. The molecule has 1 aromatic rings. The third-order valence-corrected chi connectivity index (χ3v) is 5.90. The minimum absolute atomic E-state index is 0.0336. The second-order valence-corrected chi connectivity index (χ2v) is 7.46. The van der Waals surface area contributed by atoms with Gasteiger partial charge in [0.15, 0.2) is 5.82 Å². The fourth-order valence-corrected chi connectivity index (χ4v) is 4.40. The normalized spacial score (nSPS) is 13.8. The molecule has 0 bridgehead atoms. The Hall–Kier alpha value is -0.660. The summed E-state index contributed by atoms with van der Waals surface area (Å²) in [6, 6.07) is 1.36. The number of rotatable bonds is 7. The number of hydrogen-bond donors (Lipinski definition) is 3. The summed E-state index contributed by atoms with van der Waals surface area (Å²) < 4.78 is 27.1. The minimum Gasteiger partial charge on any atom is -0.359 e. The van der Waals surface area contributed by atoms with Crippen molar-refractivity contribution >= 4 is 26.6 Å². The molecular weight excluding hydrogens is 310 g/mol. The molecule has 0 aromatic carbocycles. The first kappa shape index (κ1) is 17.4. The maximum atomic E-state index is 12.5. The Balaban J connectivity index is 3.31. The second-order valence-electron chi connectivity index (χ2n) is 3.61. The van der Waals surface area contributed by atoms with Crippen LogP contribution in [0.1, 0.15) is 19.6 Å². The summed E-state index contributed by atoms with van der Waals surface area (Å²) in [6.07, 6.45) is 0. The molecule has 0 amide bonds. The van der Waals surface area contributed by atoms with Crippen LogP contribution in [-0.4, -0.2) is 38.2 Å². The average Bonchev–Trinajstić information content (AvgIpc) is 2.71. The number of nitrogens with zero attached hydrogens (tertiary/aromatic N) is 2. The molecule has 0 saturated carbocycles. The van der Waals surface area contributed by atoms with Crippen LogP contribution in [0.25, 0.3) is 0 Å². The van der Waals surface area contributed by atoms with Crippen molar-refractivity contribution in [2.24, 2.45) is 4.99 Å². The minimum atomic E-state index is -4.71. The van der Waals surface area contributed by atoms with E-state index in [2.05, 4.69) is 10.1 Å². The summed E-state index contributed by atoms with van der Waals surface area (Å²) in [5.74, 6) is 0.321. The number of aryl methyl sites for hydroxylation is 1. The van der Waals surface area contributed by atoms with Crippen molar-refractivity contribution in [1.82, 2.24) is 5.16 Å². The van der Waals surface area contributed by atoms with Crippen LogP contribution in [0.5, 0.6) is 0 Å². The van der Waals surface area contributed by atoms with E-state index in [1.807, 2.05) is 0 Å². The third kappa shape index (κ3) is 4.43. The predicted octanol–water partition coefficient (Wildman–Crippen LogP) is 1.98. The van der Waals surface area contributed by atoms with Gasteiger partial charge < -0.3 is 13.6 Å². The first-order valence-corrected chi connectivity index (χ1v) is 8.91. The van der Waals surface area contributed by atoms with E-state index in [0.29, 0.717) is 5.76 Å². The van der Waals surface area contributed by atoms with Crippen molar-refractivity contribution in [2.75, 3.05) is 13.2 Å². The summed E-state index contributed by atoms with van der Waals surface area (Å²) in [5.41, 5.74) is 0. The number of aliphatic imine (C=N–C) groups is 1. The highest BCUT2D eigenvalue weighted by Crippen LogP contribution is 2.66. The van der Waals surface area contributed by atoms with Gasteiger partial charge in [-0.2, -0.15) is 19.7 Å². The molecule has 0 atom stereocenters. The van der Waals surface area contributed by atoms with Crippen molar-refractivity contribution in [3.8, 4) is 0 Å². The highest BCUT2D eigenvalue weighted by molar-refractivity contribution is 8.00. The van der Waals surface area contributed by atoms with E-state index in [-0.39, 0.29) is 19.0 Å². The Kier molecular flexibility index (Phi) is 5.97. The molecule has 0 aliphatic rings. The smallest absolute Gasteiger partial charge is 0.359 e. The Bertz CT molecular complexity index is 513. The standard InChI is InChI=1S/C9H17N2O7P2/c1-4-16-20(15,17-5-2)9(19(12,13)14)10-8-6-7(3)18-11-8/h6,12-14H,4-5H2,1-3H3/q+1. The van der Waals surface area contributed by atoms with Crippen LogP contribution in [-0.2, 0) is 13.6 Å². The van der Waals surface area contributed by atoms with E-state index in [9.17, 15) is 19.2 Å². The Labute approximate surface area is 116 Å². The molecule has 0 spiro atoms. The molecule has 1 rings (SSSR count). The third-order valence-electron chi connectivity index (χ3n) is 1.94. The van der Waals surface area contributed by atoms with E-state index in [0.717, 1.165) is 0 Å². The number of aromatic nitrogens is 1. The zero-order chi connectivity index (χ0) is 15.4. The summed E-state index contributed by atoms with van der Waals surface area (Å²) in [7, 11) is -8.85. The first-order valence-electron chi connectivity index (χ1n) is 5.72. The summed E-state index contributed by atoms with van der Waals surface area (Å²) in [5, 5.41) is 2.62. The lowest BCUT2D eigenvalue weighted by molar-refractivity contribution is 0.232. The Morgan fingerprint density at radius 3 is 2.30 bits per heavy atom. The van der Waals surface area contributed by atoms with Gasteiger partial charge in [0.05, 0.1) is 13.2 Å². The topological polar surface area (TPSA) is 135 Å². The first-order chi connectivity index (χ1) is 9.23. The van der Waals surface area contributed by atoms with Gasteiger partial charge in [-0.25, -0.2) is 4.57 Å². The van der Waals surface area contributed by atoms with Crippen molar-refractivity contribution in [1.29, 1.82) is 0 Å². The maximum absolute atomic E-state index is 12.5. The van der Waals surface area contributed by atoms with E-state index in [4.69, 9.17) is 13.6 Å². The van der Waals surface area contributed by atoms with Gasteiger partial charge in [0.1, 0.15) is 5.76 Å². The van der Waals surface area contributed by atoms with Gasteiger partial charge in [-0.1, -0.05) is 5.16 Å². The molecule has 114 valence electrons. The second kappa shape index (κ2) is 6.87. The quantitative estimate of drug-likeness (QED) is 0.511. The largest absolute Gasteiger partial charge is 0.469 e. The van der Waals surface area contributed by atoms with Gasteiger partial charge in [0.2, 0.25) is 0 Å². The molecule has 20 heavy (non-hydrogen) atoms. The molecule has 0 aliphatic heterocycles. The van der Waals surface area contributed by atoms with Crippen molar-refractivity contribution in [2.45, 2.75) is 20.8 Å². The van der Waals surface area contributed by atoms with Gasteiger partial charge >= 0.3 is 20.7 Å². The van der Waals surface area contributed by atoms with Crippen LogP contribution in [0.2, 0.25) is 0 Å². The zero-order valence-electron chi connectivity index (χ0n) is 11.3. The predicted molar refractivity (Wildman–Crippen MR) is 72.8 cm³/mol. The lowest BCUT2D eigenvalue weighted by Crippen LogP contribution is -2.11. The monoisotopic (exact) mass is 327 g/mol. The van der Waals surface area contributed by atoms with Gasteiger partial charge in [0, 0.05) is 6.07 Å². The summed E-state index contributed by atoms with van der Waals surface area (Å²) in [4.78, 5) is 32.0. The highest BCUT2D eigenvalue weighted by atomic mass is 31.3. The fourth-order valence-electron chi connectivity index (χ4n) is 1.29. The molecule has 0 unspecified atom stereocenters. The zero-order valence-corrected chi connectivity index (χ0v) is 13.0. The van der Waals surface area contributed by atoms with E-state index in [1.54, 1.807) is 6.92 Å². The van der Waals surface area contributed by atoms with E-state index >= 15 is 0 Å². The number of hydrogen-bond acceptors (Lipinski definition) is 9. The maximum Gasteiger partial charge on any atom is 0.469 e. The van der Waals surface area contributed by atoms with E-state index < -0.39 is 20.7 Å². The highest BCUT2D eigenvalue weighted by Gasteiger charge is 2.55.